The molecule has 0 spiro atoms. The minimum atomic E-state index is 0.575. The van der Waals surface area contributed by atoms with Gasteiger partial charge in [0.15, 0.2) is 5.15 Å². The largest absolute Gasteiger partial charge is 0.382 e. The highest BCUT2D eigenvalue weighted by Crippen LogP contribution is 2.25. The summed E-state index contributed by atoms with van der Waals surface area (Å²) in [6.07, 6.45) is 9.91. The molecule has 1 N–H and O–H groups in total. The summed E-state index contributed by atoms with van der Waals surface area (Å²) in [7, 11) is 0. The lowest BCUT2D eigenvalue weighted by Crippen LogP contribution is -2.16. The maximum absolute atomic E-state index is 6.06. The van der Waals surface area contributed by atoms with Gasteiger partial charge in [0.1, 0.15) is 0 Å². The lowest BCUT2D eigenvalue weighted by atomic mass is 9.94. The van der Waals surface area contributed by atoms with Gasteiger partial charge < -0.3 is 5.32 Å². The first-order valence-corrected chi connectivity index (χ1v) is 6.15. The number of halogens is 1. The summed E-state index contributed by atoms with van der Waals surface area (Å²) in [5.74, 6) is 0.723. The molecule has 2 rings (SSSR count). The molecule has 1 aromatic heterocycles. The standard InChI is InChI=1S/C13H17ClN2/c1-10-7-8-15-13(14)12(10)16-9-11-5-3-2-4-6-11/h2-3,7-8,11,16H,4-6,9H2,1H3. The number of aryl methyl sites for hydroxylation is 1. The molecule has 0 aliphatic heterocycles. The number of hydrogen-bond donors (Lipinski definition) is 1. The summed E-state index contributed by atoms with van der Waals surface area (Å²) in [5, 5.41) is 4.00. The molecule has 0 aromatic carbocycles. The highest BCUT2D eigenvalue weighted by Gasteiger charge is 2.11. The maximum atomic E-state index is 6.06. The van der Waals surface area contributed by atoms with Crippen LogP contribution < -0.4 is 5.32 Å². The second-order valence-electron chi connectivity index (χ2n) is 4.33. The molecule has 0 amide bonds. The summed E-state index contributed by atoms with van der Waals surface area (Å²) >= 11 is 6.06. The summed E-state index contributed by atoms with van der Waals surface area (Å²) in [5.41, 5.74) is 2.14. The monoisotopic (exact) mass is 236 g/mol. The molecule has 86 valence electrons. The van der Waals surface area contributed by atoms with Crippen LogP contribution in [0.15, 0.2) is 24.4 Å². The van der Waals surface area contributed by atoms with Gasteiger partial charge in [-0.2, -0.15) is 0 Å². The van der Waals surface area contributed by atoms with Crippen molar-refractivity contribution in [3.8, 4) is 0 Å². The van der Waals surface area contributed by atoms with E-state index in [0.29, 0.717) is 5.15 Å². The van der Waals surface area contributed by atoms with Crippen molar-refractivity contribution in [2.24, 2.45) is 5.92 Å². The summed E-state index contributed by atoms with van der Waals surface area (Å²) < 4.78 is 0. The van der Waals surface area contributed by atoms with E-state index in [1.807, 2.05) is 6.07 Å². The topological polar surface area (TPSA) is 24.9 Å². The van der Waals surface area contributed by atoms with Crippen molar-refractivity contribution in [2.45, 2.75) is 26.2 Å². The quantitative estimate of drug-likeness (QED) is 0.638. The first-order chi connectivity index (χ1) is 7.77. The minimum Gasteiger partial charge on any atom is -0.382 e. The Kier molecular flexibility index (Phi) is 3.83. The average Bonchev–Trinajstić information content (AvgIpc) is 2.30. The molecule has 1 aliphatic carbocycles. The van der Waals surface area contributed by atoms with E-state index in [0.717, 1.165) is 23.7 Å². The molecule has 0 saturated heterocycles. The van der Waals surface area contributed by atoms with Gasteiger partial charge in [0.2, 0.25) is 0 Å². The van der Waals surface area contributed by atoms with Gasteiger partial charge in [0, 0.05) is 12.7 Å². The van der Waals surface area contributed by atoms with Gasteiger partial charge >= 0.3 is 0 Å². The van der Waals surface area contributed by atoms with Crippen LogP contribution in [-0.4, -0.2) is 11.5 Å². The molecule has 2 nitrogen and oxygen atoms in total. The lowest BCUT2D eigenvalue weighted by molar-refractivity contribution is 0.504. The van der Waals surface area contributed by atoms with E-state index >= 15 is 0 Å². The Morgan fingerprint density at radius 2 is 2.38 bits per heavy atom. The molecule has 0 fully saturated rings. The molecule has 0 bridgehead atoms. The fourth-order valence-electron chi connectivity index (χ4n) is 2.03. The van der Waals surface area contributed by atoms with E-state index in [-0.39, 0.29) is 0 Å². The first kappa shape index (κ1) is 11.5. The van der Waals surface area contributed by atoms with Crippen LogP contribution in [0, 0.1) is 12.8 Å². The zero-order valence-electron chi connectivity index (χ0n) is 9.54. The third-order valence-electron chi connectivity index (χ3n) is 3.06. The predicted molar refractivity (Wildman–Crippen MR) is 69.0 cm³/mol. The Morgan fingerprint density at radius 1 is 1.50 bits per heavy atom. The summed E-state index contributed by atoms with van der Waals surface area (Å²) in [6.45, 7) is 3.03. The van der Waals surface area contributed by atoms with E-state index in [1.165, 1.54) is 19.3 Å². The van der Waals surface area contributed by atoms with E-state index in [2.05, 4.69) is 29.4 Å². The van der Waals surface area contributed by atoms with E-state index in [9.17, 15) is 0 Å². The second kappa shape index (κ2) is 5.35. The first-order valence-electron chi connectivity index (χ1n) is 5.77. The van der Waals surface area contributed by atoms with Gasteiger partial charge in [-0.25, -0.2) is 4.98 Å². The molecule has 3 heteroatoms. The predicted octanol–water partition coefficient (Wildman–Crippen LogP) is 3.81. The van der Waals surface area contributed by atoms with Crippen LogP contribution in [0.25, 0.3) is 0 Å². The van der Waals surface area contributed by atoms with Crippen LogP contribution in [0.1, 0.15) is 24.8 Å². The van der Waals surface area contributed by atoms with Crippen LogP contribution in [0.2, 0.25) is 5.15 Å². The van der Waals surface area contributed by atoms with Crippen molar-refractivity contribution in [1.82, 2.24) is 4.98 Å². The average molecular weight is 237 g/mol. The Bertz CT molecular complexity index is 367. The molecule has 0 radical (unpaired) electrons. The lowest BCUT2D eigenvalue weighted by Gasteiger charge is -2.19. The van der Waals surface area contributed by atoms with Crippen LogP contribution >= 0.6 is 11.6 Å². The summed E-state index contributed by atoms with van der Waals surface area (Å²) in [4.78, 5) is 4.09. The Hall–Kier alpha value is -1.02. The Morgan fingerprint density at radius 3 is 3.06 bits per heavy atom. The zero-order valence-corrected chi connectivity index (χ0v) is 10.3. The van der Waals surface area contributed by atoms with Crippen molar-refractivity contribution >= 4 is 17.3 Å². The van der Waals surface area contributed by atoms with Crippen molar-refractivity contribution < 1.29 is 0 Å². The molecule has 1 aromatic rings. The van der Waals surface area contributed by atoms with E-state index in [1.54, 1.807) is 6.20 Å². The zero-order chi connectivity index (χ0) is 11.4. The molecular formula is C13H17ClN2. The van der Waals surface area contributed by atoms with Crippen LogP contribution in [0.5, 0.6) is 0 Å². The van der Waals surface area contributed by atoms with Gasteiger partial charge in [0.05, 0.1) is 5.69 Å². The molecule has 1 heterocycles. The number of anilines is 1. The Labute approximate surface area is 102 Å². The van der Waals surface area contributed by atoms with Gasteiger partial charge in [0.25, 0.3) is 0 Å². The fraction of sp³-hybridized carbons (Fsp3) is 0.462. The molecular weight excluding hydrogens is 220 g/mol. The maximum Gasteiger partial charge on any atom is 0.152 e. The van der Waals surface area contributed by atoms with E-state index in [4.69, 9.17) is 11.6 Å². The number of allylic oxidation sites excluding steroid dienone is 2. The number of rotatable bonds is 3. The third kappa shape index (κ3) is 2.76. The molecule has 0 saturated carbocycles. The minimum absolute atomic E-state index is 0.575. The van der Waals surface area contributed by atoms with Gasteiger partial charge in [-0.05, 0) is 43.7 Å². The number of pyridine rings is 1. The fourth-order valence-corrected chi connectivity index (χ4v) is 2.30. The molecule has 16 heavy (non-hydrogen) atoms. The smallest absolute Gasteiger partial charge is 0.152 e. The van der Waals surface area contributed by atoms with Gasteiger partial charge in [-0.3, -0.25) is 0 Å². The number of nitrogens with one attached hydrogen (secondary N) is 1. The number of nitrogens with zero attached hydrogens (tertiary/aromatic N) is 1. The van der Waals surface area contributed by atoms with Crippen molar-refractivity contribution in [3.63, 3.8) is 0 Å². The van der Waals surface area contributed by atoms with Crippen LogP contribution in [-0.2, 0) is 0 Å². The molecule has 1 aliphatic rings. The van der Waals surface area contributed by atoms with Gasteiger partial charge in [-0.1, -0.05) is 23.8 Å². The number of aromatic nitrogens is 1. The highest BCUT2D eigenvalue weighted by atomic mass is 35.5. The third-order valence-corrected chi connectivity index (χ3v) is 3.34. The number of hydrogen-bond acceptors (Lipinski definition) is 2. The normalized spacial score (nSPS) is 19.8. The van der Waals surface area contributed by atoms with Crippen molar-refractivity contribution in [1.29, 1.82) is 0 Å². The van der Waals surface area contributed by atoms with E-state index < -0.39 is 0 Å². The van der Waals surface area contributed by atoms with Crippen LogP contribution in [0.3, 0.4) is 0 Å². The van der Waals surface area contributed by atoms with Crippen molar-refractivity contribution in [3.05, 3.63) is 35.1 Å². The molecule has 1 atom stereocenters. The van der Waals surface area contributed by atoms with Crippen LogP contribution in [0.4, 0.5) is 5.69 Å². The Balaban J connectivity index is 1.96. The van der Waals surface area contributed by atoms with Gasteiger partial charge in [-0.15, -0.1) is 0 Å². The summed E-state index contributed by atoms with van der Waals surface area (Å²) in [6, 6.07) is 1.98. The SMILES string of the molecule is Cc1ccnc(Cl)c1NCC1CC=CCC1. The second-order valence-corrected chi connectivity index (χ2v) is 4.68. The molecule has 1 unspecified atom stereocenters. The van der Waals surface area contributed by atoms with Crippen molar-refractivity contribution in [2.75, 3.05) is 11.9 Å². The highest BCUT2D eigenvalue weighted by molar-refractivity contribution is 6.32.